The Morgan fingerprint density at radius 2 is 2.12 bits per heavy atom. The normalized spacial score (nSPS) is 17.2. The zero-order valence-electron chi connectivity index (χ0n) is 8.25. The van der Waals surface area contributed by atoms with Gasteiger partial charge in [0.15, 0.2) is 5.11 Å². The molecule has 7 heteroatoms. The minimum atomic E-state index is -0.342. The minimum Gasteiger partial charge on any atom is -0.506 e. The lowest BCUT2D eigenvalue weighted by Crippen LogP contribution is -2.21. The Labute approximate surface area is 116 Å². The van der Waals surface area contributed by atoms with Crippen LogP contribution in [-0.2, 0) is 4.79 Å². The second-order valence-electron chi connectivity index (χ2n) is 3.29. The number of carbonyl (C=O) groups is 1. The molecule has 0 aromatic heterocycles. The van der Waals surface area contributed by atoms with Crippen LogP contribution in [-0.4, -0.2) is 16.1 Å². The van der Waals surface area contributed by atoms with Gasteiger partial charge in [-0.25, -0.2) is 0 Å². The average Bonchev–Trinajstić information content (AvgIpc) is 2.53. The summed E-state index contributed by atoms with van der Waals surface area (Å²) in [6.45, 7) is 0. The maximum Gasteiger partial charge on any atom is 0.273 e. The summed E-state index contributed by atoms with van der Waals surface area (Å²) in [5, 5.41) is 15.6. The fraction of sp³-hybridized carbons (Fsp3) is 0. The van der Waals surface area contributed by atoms with E-state index in [-0.39, 0.29) is 22.5 Å². The Morgan fingerprint density at radius 3 is 2.71 bits per heavy atom. The molecule has 0 unspecified atom stereocenters. The standard InChI is InChI=1S/C10H6BrClN2O2S/c11-6-3-5(12)1-4(8(6)15)2-7-9(16)14-10(17)13-7/h1-3,15H,(H2,13,14,16,17)/b7-2-. The molecule has 0 bridgehead atoms. The van der Waals surface area contributed by atoms with Crippen molar-refractivity contribution in [3.63, 3.8) is 0 Å². The van der Waals surface area contributed by atoms with Crippen molar-refractivity contribution in [2.45, 2.75) is 0 Å². The van der Waals surface area contributed by atoms with Gasteiger partial charge < -0.3 is 10.4 Å². The number of rotatable bonds is 1. The summed E-state index contributed by atoms with van der Waals surface area (Å²) in [7, 11) is 0. The van der Waals surface area contributed by atoms with Crippen molar-refractivity contribution in [2.75, 3.05) is 0 Å². The first-order chi connectivity index (χ1) is 7.97. The SMILES string of the molecule is O=C1NC(=S)N/C1=C\c1cc(Cl)cc(Br)c1O. The molecule has 1 aliphatic rings. The Balaban J connectivity index is 2.46. The first-order valence-corrected chi connectivity index (χ1v) is 6.07. The largest absolute Gasteiger partial charge is 0.506 e. The van der Waals surface area contributed by atoms with Crippen LogP contribution in [0.25, 0.3) is 6.08 Å². The molecule has 3 N–H and O–H groups in total. The summed E-state index contributed by atoms with van der Waals surface area (Å²) in [4.78, 5) is 11.4. The Bertz CT molecular complexity index is 559. The maximum atomic E-state index is 11.4. The molecule has 88 valence electrons. The molecule has 2 rings (SSSR count). The molecule has 0 atom stereocenters. The highest BCUT2D eigenvalue weighted by Crippen LogP contribution is 2.32. The topological polar surface area (TPSA) is 61.4 Å². The second kappa shape index (κ2) is 4.64. The zero-order chi connectivity index (χ0) is 12.6. The van der Waals surface area contributed by atoms with Crippen LogP contribution in [0.3, 0.4) is 0 Å². The van der Waals surface area contributed by atoms with Crippen molar-refractivity contribution in [3.8, 4) is 5.75 Å². The fourth-order valence-corrected chi connectivity index (χ4v) is 2.37. The van der Waals surface area contributed by atoms with E-state index in [1.54, 1.807) is 12.1 Å². The van der Waals surface area contributed by atoms with E-state index in [0.29, 0.717) is 15.1 Å². The fourth-order valence-electron chi connectivity index (χ4n) is 1.33. The molecule has 1 saturated heterocycles. The smallest absolute Gasteiger partial charge is 0.273 e. The summed E-state index contributed by atoms with van der Waals surface area (Å²) >= 11 is 13.8. The van der Waals surface area contributed by atoms with Gasteiger partial charge in [-0.1, -0.05) is 11.6 Å². The van der Waals surface area contributed by atoms with E-state index < -0.39 is 0 Å². The van der Waals surface area contributed by atoms with E-state index in [4.69, 9.17) is 23.8 Å². The van der Waals surface area contributed by atoms with Crippen LogP contribution in [0.2, 0.25) is 5.02 Å². The molecule has 1 heterocycles. The molecule has 1 aliphatic heterocycles. The molecule has 1 aromatic rings. The van der Waals surface area contributed by atoms with Crippen LogP contribution in [0.1, 0.15) is 5.56 Å². The minimum absolute atomic E-state index is 0.00863. The molecule has 0 saturated carbocycles. The number of thiocarbonyl (C=S) groups is 1. The van der Waals surface area contributed by atoms with Gasteiger partial charge in [0.2, 0.25) is 0 Å². The van der Waals surface area contributed by atoms with E-state index in [0.717, 1.165) is 0 Å². The predicted molar refractivity (Wildman–Crippen MR) is 72.7 cm³/mol. The van der Waals surface area contributed by atoms with Gasteiger partial charge in [0.05, 0.1) is 4.47 Å². The van der Waals surface area contributed by atoms with Gasteiger partial charge in [0.25, 0.3) is 5.91 Å². The van der Waals surface area contributed by atoms with Gasteiger partial charge in [0.1, 0.15) is 11.4 Å². The van der Waals surface area contributed by atoms with Gasteiger partial charge in [-0.05, 0) is 46.4 Å². The molecule has 0 aliphatic carbocycles. The van der Waals surface area contributed by atoms with Crippen molar-refractivity contribution < 1.29 is 9.90 Å². The second-order valence-corrected chi connectivity index (χ2v) is 4.99. The number of amides is 1. The highest BCUT2D eigenvalue weighted by Gasteiger charge is 2.20. The highest BCUT2D eigenvalue weighted by molar-refractivity contribution is 9.10. The first kappa shape index (κ1) is 12.3. The van der Waals surface area contributed by atoms with Crippen molar-refractivity contribution in [1.29, 1.82) is 0 Å². The Hall–Kier alpha value is -1.11. The number of hydrogen-bond donors (Lipinski definition) is 3. The van der Waals surface area contributed by atoms with Gasteiger partial charge in [-0.3, -0.25) is 10.1 Å². The van der Waals surface area contributed by atoms with E-state index in [1.807, 2.05) is 0 Å². The third-order valence-electron chi connectivity index (χ3n) is 2.08. The quantitative estimate of drug-likeness (QED) is 0.544. The molecule has 1 fully saturated rings. The van der Waals surface area contributed by atoms with Crippen LogP contribution in [0.15, 0.2) is 22.3 Å². The number of phenolic OH excluding ortho intramolecular Hbond substituents is 1. The number of halogens is 2. The average molecular weight is 334 g/mol. The molecular formula is C10H6BrClN2O2S. The summed E-state index contributed by atoms with van der Waals surface area (Å²) < 4.78 is 0.456. The summed E-state index contributed by atoms with van der Waals surface area (Å²) in [5.41, 5.74) is 0.686. The number of phenols is 1. The molecule has 1 amide bonds. The number of carbonyl (C=O) groups excluding carboxylic acids is 1. The predicted octanol–water partition coefficient (Wildman–Crippen LogP) is 2.15. The Morgan fingerprint density at radius 1 is 1.41 bits per heavy atom. The van der Waals surface area contributed by atoms with Crippen molar-refractivity contribution >= 4 is 56.8 Å². The van der Waals surface area contributed by atoms with Gasteiger partial charge in [-0.2, -0.15) is 0 Å². The monoisotopic (exact) mass is 332 g/mol. The molecule has 0 radical (unpaired) electrons. The van der Waals surface area contributed by atoms with Crippen LogP contribution in [0, 0.1) is 0 Å². The lowest BCUT2D eigenvalue weighted by atomic mass is 10.1. The number of hydrogen-bond acceptors (Lipinski definition) is 3. The van der Waals surface area contributed by atoms with E-state index in [9.17, 15) is 9.90 Å². The molecular weight excluding hydrogens is 328 g/mol. The molecule has 17 heavy (non-hydrogen) atoms. The summed E-state index contributed by atoms with van der Waals surface area (Å²) in [5.74, 6) is -0.334. The lowest BCUT2D eigenvalue weighted by molar-refractivity contribution is -0.115. The number of benzene rings is 1. The van der Waals surface area contributed by atoms with E-state index in [1.165, 1.54) is 6.08 Å². The third-order valence-corrected chi connectivity index (χ3v) is 3.10. The van der Waals surface area contributed by atoms with E-state index in [2.05, 4.69) is 26.6 Å². The van der Waals surface area contributed by atoms with Crippen molar-refractivity contribution in [2.24, 2.45) is 0 Å². The van der Waals surface area contributed by atoms with Crippen molar-refractivity contribution in [3.05, 3.63) is 32.9 Å². The number of nitrogens with one attached hydrogen (secondary N) is 2. The first-order valence-electron chi connectivity index (χ1n) is 4.49. The maximum absolute atomic E-state index is 11.4. The van der Waals surface area contributed by atoms with Crippen LogP contribution in [0.5, 0.6) is 5.75 Å². The van der Waals surface area contributed by atoms with Crippen molar-refractivity contribution in [1.82, 2.24) is 10.6 Å². The zero-order valence-corrected chi connectivity index (χ0v) is 11.4. The number of aromatic hydroxyl groups is 1. The Kier molecular flexibility index (Phi) is 3.37. The summed E-state index contributed by atoms with van der Waals surface area (Å²) in [6.07, 6.45) is 1.47. The molecule has 1 aromatic carbocycles. The van der Waals surface area contributed by atoms with Gasteiger partial charge >= 0.3 is 0 Å². The van der Waals surface area contributed by atoms with Crippen LogP contribution < -0.4 is 10.6 Å². The highest BCUT2D eigenvalue weighted by atomic mass is 79.9. The third kappa shape index (κ3) is 2.59. The lowest BCUT2D eigenvalue weighted by Gasteiger charge is -2.04. The van der Waals surface area contributed by atoms with Gasteiger partial charge in [0, 0.05) is 10.6 Å². The molecule has 0 spiro atoms. The van der Waals surface area contributed by atoms with Crippen LogP contribution >= 0.6 is 39.7 Å². The summed E-state index contributed by atoms with van der Waals surface area (Å²) in [6, 6.07) is 3.11. The van der Waals surface area contributed by atoms with E-state index >= 15 is 0 Å². The molecule has 4 nitrogen and oxygen atoms in total. The van der Waals surface area contributed by atoms with Gasteiger partial charge in [-0.15, -0.1) is 0 Å². The van der Waals surface area contributed by atoms with Crippen LogP contribution in [0.4, 0.5) is 0 Å².